The van der Waals surface area contributed by atoms with Gasteiger partial charge in [0.25, 0.3) is 0 Å². The van der Waals surface area contributed by atoms with Crippen molar-refractivity contribution in [2.24, 2.45) is 23.7 Å². The minimum Gasteiger partial charge on any atom is -0.459 e. The first-order chi connectivity index (χ1) is 28.2. The molecule has 17 heteroatoms. The van der Waals surface area contributed by atoms with E-state index in [1.54, 1.807) is 41.7 Å². The number of sulfonamides is 1. The van der Waals surface area contributed by atoms with Gasteiger partial charge in [-0.25, -0.2) is 12.7 Å². The minimum atomic E-state index is -3.59. The van der Waals surface area contributed by atoms with Crippen molar-refractivity contribution in [3.8, 4) is 0 Å². The molecular weight excluding hydrogens is 811 g/mol. The van der Waals surface area contributed by atoms with Crippen LogP contribution in [0.5, 0.6) is 0 Å². The molecule has 0 aromatic rings. The lowest BCUT2D eigenvalue weighted by Gasteiger charge is -2.53. The molecule has 0 amide bonds. The molecule has 61 heavy (non-hydrogen) atoms. The molecule has 0 saturated carbocycles. The van der Waals surface area contributed by atoms with Gasteiger partial charge in [-0.05, 0) is 99.6 Å². The fourth-order valence-corrected chi connectivity index (χ4v) is 12.5. The van der Waals surface area contributed by atoms with Crippen molar-refractivity contribution in [3.05, 3.63) is 0 Å². The summed E-state index contributed by atoms with van der Waals surface area (Å²) < 4.78 is 66.9. The second-order valence-corrected chi connectivity index (χ2v) is 21.8. The number of methoxy groups -OCH3 is 1. The quantitative estimate of drug-likeness (QED) is 0.141. The lowest BCUT2D eigenvalue weighted by atomic mass is 9.75. The van der Waals surface area contributed by atoms with Crippen LogP contribution in [0.3, 0.4) is 0 Å². The third-order valence-corrected chi connectivity index (χ3v) is 16.6. The lowest BCUT2D eigenvalue weighted by Crippen LogP contribution is -2.70. The Morgan fingerprint density at radius 1 is 0.951 bits per heavy atom. The zero-order valence-electron chi connectivity index (χ0n) is 39.6. The number of ether oxygens (including phenoxy) is 6. The van der Waals surface area contributed by atoms with Crippen LogP contribution in [0, 0.1) is 23.7 Å². The summed E-state index contributed by atoms with van der Waals surface area (Å²) >= 11 is 0. The third kappa shape index (κ3) is 11.1. The molecule has 4 heterocycles. The Morgan fingerprint density at radius 3 is 2.20 bits per heavy atom. The standard InChI is InChI=1S/C44H83N3O13S/c1-15-18-45-25-44(52)31(9)57-35(22-42(44,11)55-14)59-36-28(6)38(60-40-32-24-61(53,54)46(13)33(32)20-27(5)56-40)41(10,50)21-26(4)23-47(19-16-2)30(8)37(48)43(12,51)34(17-3)58-39(49)29(36)7/h26-38,40,45,48,50-52H,15-25H2,1-14H3/t26-,27-,28+,29-,30-,31+,32-,33+,34-,35+,36+,37-,38-,40+,41-,42-,43-,44+/m1/s1. The first kappa shape index (κ1) is 52.6. The van der Waals surface area contributed by atoms with Gasteiger partial charge in [0, 0.05) is 57.6 Å². The van der Waals surface area contributed by atoms with Crippen molar-refractivity contribution in [1.82, 2.24) is 14.5 Å². The molecule has 5 N–H and O–H groups in total. The number of aliphatic hydroxyl groups is 4. The van der Waals surface area contributed by atoms with Gasteiger partial charge < -0.3 is 54.2 Å². The molecule has 0 aromatic heterocycles. The van der Waals surface area contributed by atoms with Crippen LogP contribution in [0.25, 0.3) is 0 Å². The van der Waals surface area contributed by atoms with Crippen molar-refractivity contribution in [2.45, 2.75) is 205 Å². The molecule has 0 spiro atoms. The summed E-state index contributed by atoms with van der Waals surface area (Å²) in [4.78, 5) is 16.6. The molecule has 4 aliphatic rings. The predicted molar refractivity (Wildman–Crippen MR) is 231 cm³/mol. The van der Waals surface area contributed by atoms with E-state index in [4.69, 9.17) is 28.4 Å². The summed E-state index contributed by atoms with van der Waals surface area (Å²) in [6.07, 6.45) is -5.16. The normalized spacial score (nSPS) is 47.3. The van der Waals surface area contributed by atoms with Crippen LogP contribution in [-0.2, 0) is 43.2 Å². The van der Waals surface area contributed by atoms with Crippen LogP contribution in [0.4, 0.5) is 0 Å². The number of nitrogens with zero attached hydrogens (tertiary/aromatic N) is 2. The topological polar surface area (TPSA) is 206 Å². The van der Waals surface area contributed by atoms with Crippen molar-refractivity contribution >= 4 is 16.0 Å². The Kier molecular flexibility index (Phi) is 17.8. The van der Waals surface area contributed by atoms with Crippen molar-refractivity contribution in [1.29, 1.82) is 0 Å². The Balaban J connectivity index is 1.86. The first-order valence-electron chi connectivity index (χ1n) is 22.9. The zero-order chi connectivity index (χ0) is 46.0. The van der Waals surface area contributed by atoms with E-state index in [0.29, 0.717) is 26.1 Å². The number of cyclic esters (lactones) is 1. The Morgan fingerprint density at radius 2 is 1.61 bits per heavy atom. The summed E-state index contributed by atoms with van der Waals surface area (Å²) in [6, 6.07) is -0.920. The molecule has 0 unspecified atom stereocenters. The average molecular weight is 894 g/mol. The Hall–Kier alpha value is -1.06. The number of rotatable bonds is 12. The van der Waals surface area contributed by atoms with E-state index in [1.807, 2.05) is 41.5 Å². The number of carbonyl (C=O) groups is 1. The monoisotopic (exact) mass is 894 g/mol. The van der Waals surface area contributed by atoms with E-state index in [2.05, 4.69) is 10.2 Å². The molecule has 4 fully saturated rings. The molecule has 4 rings (SSSR count). The maximum Gasteiger partial charge on any atom is 0.311 e. The van der Waals surface area contributed by atoms with Crippen molar-refractivity contribution in [3.63, 3.8) is 0 Å². The highest BCUT2D eigenvalue weighted by Crippen LogP contribution is 2.44. The lowest BCUT2D eigenvalue weighted by molar-refractivity contribution is -0.334. The summed E-state index contributed by atoms with van der Waals surface area (Å²) in [5.74, 6) is -3.49. The van der Waals surface area contributed by atoms with Crippen LogP contribution in [0.15, 0.2) is 0 Å². The maximum absolute atomic E-state index is 14.6. The fraction of sp³-hybridized carbons (Fsp3) is 0.977. The summed E-state index contributed by atoms with van der Waals surface area (Å²) in [7, 11) is -0.485. The molecule has 4 saturated heterocycles. The van der Waals surface area contributed by atoms with Gasteiger partial charge in [-0.3, -0.25) is 9.69 Å². The van der Waals surface area contributed by atoms with Crippen LogP contribution in [-0.4, -0.2) is 174 Å². The molecule has 0 bridgehead atoms. The SMILES string of the molecule is CCCNC[C@]1(O)[C@H](C)O[C@@H](O[C@H]2[C@H](C)[C@@H](O[C@@H]3O[C@H](C)C[C@H]4[C@H]3CS(=O)(=O)N4C)[C@](C)(O)C[C@@H](C)CN(CCC)[C@H](C)[C@@H](O)[C@](C)(O)[C@@H](CC)OC(=O)[C@@H]2C)C[C@@]1(C)OC. The number of nitrogens with one attached hydrogen (secondary N) is 1. The molecule has 0 radical (unpaired) electrons. The van der Waals surface area contributed by atoms with Crippen molar-refractivity contribution < 1.29 is 62.1 Å². The molecule has 4 aliphatic heterocycles. The predicted octanol–water partition coefficient (Wildman–Crippen LogP) is 3.02. The van der Waals surface area contributed by atoms with Crippen LogP contribution < -0.4 is 5.32 Å². The number of carbonyl (C=O) groups excluding carboxylic acids is 1. The number of hydrogen-bond acceptors (Lipinski definition) is 15. The van der Waals surface area contributed by atoms with E-state index in [9.17, 15) is 33.6 Å². The molecule has 358 valence electrons. The van der Waals surface area contributed by atoms with E-state index in [-0.39, 0.29) is 49.6 Å². The highest BCUT2D eigenvalue weighted by molar-refractivity contribution is 7.89. The smallest absolute Gasteiger partial charge is 0.311 e. The van der Waals surface area contributed by atoms with Gasteiger partial charge in [0.1, 0.15) is 29.0 Å². The van der Waals surface area contributed by atoms with Crippen LogP contribution >= 0.6 is 0 Å². The molecule has 16 nitrogen and oxygen atoms in total. The van der Waals surface area contributed by atoms with Crippen LogP contribution in [0.2, 0.25) is 0 Å². The first-order valence-corrected chi connectivity index (χ1v) is 24.5. The Bertz CT molecular complexity index is 1540. The molecule has 0 aromatic carbocycles. The second-order valence-electron chi connectivity index (χ2n) is 19.7. The third-order valence-electron chi connectivity index (χ3n) is 14.7. The van der Waals surface area contributed by atoms with Gasteiger partial charge >= 0.3 is 5.97 Å². The minimum absolute atomic E-state index is 0.0723. The number of aliphatic hydroxyl groups excluding tert-OH is 1. The largest absolute Gasteiger partial charge is 0.459 e. The van der Waals surface area contributed by atoms with Gasteiger partial charge in [-0.1, -0.05) is 34.6 Å². The van der Waals surface area contributed by atoms with Gasteiger partial charge in [0.2, 0.25) is 10.0 Å². The van der Waals surface area contributed by atoms with Gasteiger partial charge in [0.05, 0.1) is 41.7 Å². The van der Waals surface area contributed by atoms with Gasteiger partial charge in [-0.2, -0.15) is 0 Å². The zero-order valence-corrected chi connectivity index (χ0v) is 40.4. The maximum atomic E-state index is 14.6. The highest BCUT2D eigenvalue weighted by Gasteiger charge is 2.59. The number of hydrogen-bond donors (Lipinski definition) is 5. The van der Waals surface area contributed by atoms with Gasteiger partial charge in [-0.15, -0.1) is 0 Å². The highest BCUT2D eigenvalue weighted by atomic mass is 32.2. The van der Waals surface area contributed by atoms with E-state index >= 15 is 0 Å². The average Bonchev–Trinajstić information content (AvgIpc) is 3.41. The number of esters is 1. The molecular formula is C44H83N3O13S. The van der Waals surface area contributed by atoms with Crippen LogP contribution in [0.1, 0.15) is 122 Å². The summed E-state index contributed by atoms with van der Waals surface area (Å²) in [6.45, 7) is 23.7. The molecule has 18 atom stereocenters. The summed E-state index contributed by atoms with van der Waals surface area (Å²) in [5, 5.41) is 52.1. The van der Waals surface area contributed by atoms with E-state index in [1.165, 1.54) is 18.3 Å². The van der Waals surface area contributed by atoms with E-state index < -0.39 is 105 Å². The fourth-order valence-electron chi connectivity index (χ4n) is 10.8. The Labute approximate surface area is 366 Å². The van der Waals surface area contributed by atoms with E-state index in [0.717, 1.165) is 12.8 Å². The van der Waals surface area contributed by atoms with Gasteiger partial charge in [0.15, 0.2) is 12.6 Å². The van der Waals surface area contributed by atoms with Crippen molar-refractivity contribution in [2.75, 3.05) is 46.1 Å². The molecule has 0 aliphatic carbocycles. The number of fused-ring (bicyclic) bond motifs is 1. The summed E-state index contributed by atoms with van der Waals surface area (Å²) in [5.41, 5.74) is -6.07. The second kappa shape index (κ2) is 20.6.